The average Bonchev–Trinajstić information content (AvgIpc) is 2.32. The molecule has 60 valence electrons. The molecule has 0 amide bonds. The van der Waals surface area contributed by atoms with Crippen LogP contribution in [-0.2, 0) is 11.5 Å². The maximum Gasteiger partial charge on any atom is 0.172 e. The van der Waals surface area contributed by atoms with Gasteiger partial charge in [0.25, 0.3) is 0 Å². The summed E-state index contributed by atoms with van der Waals surface area (Å²) in [5.41, 5.74) is 0.985. The molecule has 0 atom stereocenters. The Bertz CT molecular complexity index is 256. The minimum Gasteiger partial charge on any atom is -0.361 e. The molecule has 0 N–H and O–H groups in total. The van der Waals surface area contributed by atoms with E-state index < -0.39 is 0 Å². The topological polar surface area (TPSA) is 57.0 Å². The molecule has 0 aromatic carbocycles. The van der Waals surface area contributed by atoms with Gasteiger partial charge in [0.15, 0.2) is 13.0 Å². The second-order valence-corrected chi connectivity index (χ2v) is 2.08. The van der Waals surface area contributed by atoms with E-state index in [2.05, 4.69) is 10.2 Å². The van der Waals surface area contributed by atoms with Crippen LogP contribution >= 0.6 is 0 Å². The molecule has 0 unspecified atom stereocenters. The predicted molar refractivity (Wildman–Crippen MR) is 37.2 cm³/mol. The Kier molecular flexibility index (Phi) is 2.32. The van der Waals surface area contributed by atoms with Crippen molar-refractivity contribution in [3.63, 3.8) is 0 Å². The second kappa shape index (κ2) is 3.25. The van der Waals surface area contributed by atoms with Crippen molar-refractivity contribution in [2.45, 2.75) is 13.7 Å². The van der Waals surface area contributed by atoms with Crippen LogP contribution in [0.4, 0.5) is 0 Å². The zero-order valence-corrected chi connectivity index (χ0v) is 6.44. The van der Waals surface area contributed by atoms with Gasteiger partial charge in [-0.2, -0.15) is 9.90 Å². The van der Waals surface area contributed by atoms with Crippen molar-refractivity contribution in [1.29, 1.82) is 0 Å². The number of aromatic nitrogens is 3. The van der Waals surface area contributed by atoms with Gasteiger partial charge in [-0.25, -0.2) is 0 Å². The monoisotopic (exact) mass is 155 g/mol. The summed E-state index contributed by atoms with van der Waals surface area (Å²) in [7, 11) is 1.54. The first-order valence-electron chi connectivity index (χ1n) is 3.13. The van der Waals surface area contributed by atoms with Gasteiger partial charge in [0.05, 0.1) is 5.69 Å². The van der Waals surface area contributed by atoms with Crippen LogP contribution in [0.1, 0.15) is 16.2 Å². The van der Waals surface area contributed by atoms with Gasteiger partial charge in [-0.1, -0.05) is 0 Å². The molecule has 0 aliphatic heterocycles. The van der Waals surface area contributed by atoms with E-state index in [1.54, 1.807) is 14.0 Å². The SMILES string of the molecule is COCn1nc(C)c(C=O)n1. The molecule has 1 aromatic rings. The van der Waals surface area contributed by atoms with Gasteiger partial charge in [0.2, 0.25) is 0 Å². The summed E-state index contributed by atoms with van der Waals surface area (Å²) >= 11 is 0. The third kappa shape index (κ3) is 1.62. The summed E-state index contributed by atoms with van der Waals surface area (Å²) in [4.78, 5) is 11.6. The Labute approximate surface area is 64.0 Å². The first-order valence-corrected chi connectivity index (χ1v) is 3.13. The van der Waals surface area contributed by atoms with Crippen LogP contribution in [0.15, 0.2) is 0 Å². The van der Waals surface area contributed by atoms with Crippen molar-refractivity contribution in [2.24, 2.45) is 0 Å². The number of methoxy groups -OCH3 is 1. The molecule has 0 fully saturated rings. The summed E-state index contributed by atoms with van der Waals surface area (Å²) in [6.45, 7) is 2.00. The van der Waals surface area contributed by atoms with Crippen LogP contribution in [0.5, 0.6) is 0 Å². The van der Waals surface area contributed by atoms with Gasteiger partial charge in [-0.3, -0.25) is 4.79 Å². The largest absolute Gasteiger partial charge is 0.361 e. The molecule has 0 radical (unpaired) electrons. The summed E-state index contributed by atoms with van der Waals surface area (Å²) < 4.78 is 4.76. The number of carbonyl (C=O) groups is 1. The summed E-state index contributed by atoms with van der Waals surface area (Å²) in [5.74, 6) is 0. The quantitative estimate of drug-likeness (QED) is 0.576. The lowest BCUT2D eigenvalue weighted by atomic mass is 10.4. The summed E-state index contributed by atoms with van der Waals surface area (Å²) in [6.07, 6.45) is 0.675. The standard InChI is InChI=1S/C6H9N3O2/c1-5-6(3-10)8-9(7-5)4-11-2/h3H,4H2,1-2H3. The van der Waals surface area contributed by atoms with Gasteiger partial charge in [0, 0.05) is 7.11 Å². The normalized spacial score (nSPS) is 10.0. The number of aldehydes is 1. The second-order valence-electron chi connectivity index (χ2n) is 2.08. The molecular formula is C6H9N3O2. The number of ether oxygens (including phenoxy) is 1. The number of hydrogen-bond acceptors (Lipinski definition) is 4. The van der Waals surface area contributed by atoms with Crippen LogP contribution in [0.25, 0.3) is 0 Å². The minimum atomic E-state index is 0.272. The Morgan fingerprint density at radius 2 is 2.36 bits per heavy atom. The van der Waals surface area contributed by atoms with Crippen LogP contribution in [0.2, 0.25) is 0 Å². The minimum absolute atomic E-state index is 0.272. The fraction of sp³-hybridized carbons (Fsp3) is 0.500. The fourth-order valence-electron chi connectivity index (χ4n) is 0.726. The van der Waals surface area contributed by atoms with Gasteiger partial charge in [-0.15, -0.1) is 5.10 Å². The van der Waals surface area contributed by atoms with E-state index in [4.69, 9.17) is 4.74 Å². The smallest absolute Gasteiger partial charge is 0.172 e. The lowest BCUT2D eigenvalue weighted by Crippen LogP contribution is -2.03. The Hall–Kier alpha value is -1.23. The van der Waals surface area contributed by atoms with Crippen molar-refractivity contribution < 1.29 is 9.53 Å². The first kappa shape index (κ1) is 7.87. The molecular weight excluding hydrogens is 146 g/mol. The molecule has 0 saturated heterocycles. The molecule has 0 bridgehead atoms. The van der Waals surface area contributed by atoms with Crippen molar-refractivity contribution in [1.82, 2.24) is 15.0 Å². The van der Waals surface area contributed by atoms with E-state index >= 15 is 0 Å². The maximum atomic E-state index is 10.3. The Morgan fingerprint density at radius 1 is 1.64 bits per heavy atom. The first-order chi connectivity index (χ1) is 5.27. The molecule has 1 heterocycles. The van der Waals surface area contributed by atoms with Crippen molar-refractivity contribution in [3.05, 3.63) is 11.4 Å². The van der Waals surface area contributed by atoms with E-state index in [-0.39, 0.29) is 6.73 Å². The molecule has 0 aliphatic carbocycles. The number of nitrogens with zero attached hydrogens (tertiary/aromatic N) is 3. The lowest BCUT2D eigenvalue weighted by molar-refractivity contribution is 0.105. The van der Waals surface area contributed by atoms with E-state index in [1.165, 1.54) is 4.80 Å². The molecule has 1 rings (SSSR count). The zero-order valence-electron chi connectivity index (χ0n) is 6.44. The highest BCUT2D eigenvalue weighted by Gasteiger charge is 2.03. The maximum absolute atomic E-state index is 10.3. The number of aryl methyl sites for hydroxylation is 1. The highest BCUT2D eigenvalue weighted by Crippen LogP contribution is 1.96. The summed E-state index contributed by atoms with van der Waals surface area (Å²) in [5, 5.41) is 7.75. The molecule has 0 aliphatic rings. The fourth-order valence-corrected chi connectivity index (χ4v) is 0.726. The van der Waals surface area contributed by atoms with Gasteiger partial charge in [-0.05, 0) is 6.92 Å². The third-order valence-electron chi connectivity index (χ3n) is 1.22. The van der Waals surface area contributed by atoms with Crippen LogP contribution in [0, 0.1) is 6.92 Å². The molecule has 11 heavy (non-hydrogen) atoms. The van der Waals surface area contributed by atoms with E-state index in [1.807, 2.05) is 0 Å². The van der Waals surface area contributed by atoms with Crippen molar-refractivity contribution in [3.8, 4) is 0 Å². The highest BCUT2D eigenvalue weighted by molar-refractivity contribution is 5.72. The molecule has 5 nitrogen and oxygen atoms in total. The Morgan fingerprint density at radius 3 is 2.82 bits per heavy atom. The van der Waals surface area contributed by atoms with Gasteiger partial charge >= 0.3 is 0 Å². The number of rotatable bonds is 3. The Balaban J connectivity index is 2.86. The molecule has 0 spiro atoms. The lowest BCUT2D eigenvalue weighted by Gasteiger charge is -1.93. The van der Waals surface area contributed by atoms with E-state index in [9.17, 15) is 4.79 Å². The van der Waals surface area contributed by atoms with Gasteiger partial charge in [0.1, 0.15) is 5.69 Å². The molecule has 0 saturated carbocycles. The van der Waals surface area contributed by atoms with Crippen molar-refractivity contribution >= 4 is 6.29 Å². The predicted octanol–water partition coefficient (Wildman–Crippen LogP) is 0.00292. The van der Waals surface area contributed by atoms with E-state index in [0.717, 1.165) is 0 Å². The van der Waals surface area contributed by atoms with E-state index in [0.29, 0.717) is 17.7 Å². The van der Waals surface area contributed by atoms with Crippen molar-refractivity contribution in [2.75, 3.05) is 7.11 Å². The number of carbonyl (C=O) groups excluding carboxylic acids is 1. The van der Waals surface area contributed by atoms with Crippen LogP contribution in [-0.4, -0.2) is 28.4 Å². The van der Waals surface area contributed by atoms with Crippen LogP contribution in [0.3, 0.4) is 0 Å². The highest BCUT2D eigenvalue weighted by atomic mass is 16.5. The number of hydrogen-bond donors (Lipinski definition) is 0. The third-order valence-corrected chi connectivity index (χ3v) is 1.22. The summed E-state index contributed by atoms with van der Waals surface area (Å²) in [6, 6.07) is 0. The molecule has 5 heteroatoms. The van der Waals surface area contributed by atoms with Crippen LogP contribution < -0.4 is 0 Å². The van der Waals surface area contributed by atoms with Gasteiger partial charge < -0.3 is 4.74 Å². The average molecular weight is 155 g/mol. The molecule has 1 aromatic heterocycles. The zero-order chi connectivity index (χ0) is 8.27.